The number of halogens is 1. The van der Waals surface area contributed by atoms with Crippen LogP contribution in [-0.4, -0.2) is 17.4 Å². The molecule has 2 aromatic heterocycles. The van der Waals surface area contributed by atoms with Crippen LogP contribution in [0.5, 0.6) is 0 Å². The van der Waals surface area contributed by atoms with Gasteiger partial charge in [0, 0.05) is 11.9 Å². The predicted octanol–water partition coefficient (Wildman–Crippen LogP) is 3.68. The van der Waals surface area contributed by atoms with Gasteiger partial charge in [-0.05, 0) is 49.2 Å². The second-order valence-corrected chi connectivity index (χ2v) is 7.13. The van der Waals surface area contributed by atoms with E-state index < -0.39 is 0 Å². The lowest BCUT2D eigenvalue weighted by atomic mass is 9.99. The largest absolute Gasteiger partial charge is 0.459 e. The van der Waals surface area contributed by atoms with Gasteiger partial charge in [0.2, 0.25) is 5.91 Å². The van der Waals surface area contributed by atoms with Crippen LogP contribution in [0.3, 0.4) is 0 Å². The average Bonchev–Trinajstić information content (AvgIpc) is 3.26. The number of carbonyl (C=O) groups is 1. The fourth-order valence-corrected chi connectivity index (χ4v) is 3.82. The van der Waals surface area contributed by atoms with E-state index in [0.717, 1.165) is 22.9 Å². The fraction of sp³-hybridized carbons (Fsp3) is 0.263. The zero-order valence-electron chi connectivity index (χ0n) is 14.3. The average molecular weight is 371 g/mol. The zero-order valence-corrected chi connectivity index (χ0v) is 15.1. The van der Waals surface area contributed by atoms with Gasteiger partial charge in [0.25, 0.3) is 0 Å². The van der Waals surface area contributed by atoms with Gasteiger partial charge in [-0.1, -0.05) is 6.07 Å². The molecule has 0 fully saturated rings. The minimum Gasteiger partial charge on any atom is -0.459 e. The first-order chi connectivity index (χ1) is 12.6. The molecule has 1 amide bonds. The molecule has 2 N–H and O–H groups in total. The van der Waals surface area contributed by atoms with Crippen molar-refractivity contribution >= 4 is 22.9 Å². The Balaban J connectivity index is 1.45. The SMILES string of the molecule is Cc1ccc(-c2nc(CC(=O)Nc3ccc4c(c3F)CCNC4)cs2)o1. The fourth-order valence-electron chi connectivity index (χ4n) is 3.04. The third-order valence-corrected chi connectivity index (χ3v) is 5.23. The van der Waals surface area contributed by atoms with Crippen LogP contribution >= 0.6 is 11.3 Å². The van der Waals surface area contributed by atoms with E-state index in [9.17, 15) is 9.18 Å². The van der Waals surface area contributed by atoms with Crippen LogP contribution in [0.25, 0.3) is 10.8 Å². The maximum atomic E-state index is 14.6. The van der Waals surface area contributed by atoms with Gasteiger partial charge in [-0.25, -0.2) is 9.37 Å². The molecule has 3 aromatic rings. The van der Waals surface area contributed by atoms with Crippen molar-refractivity contribution in [2.75, 3.05) is 11.9 Å². The maximum Gasteiger partial charge on any atom is 0.230 e. The van der Waals surface area contributed by atoms with Gasteiger partial charge in [-0.2, -0.15) is 0 Å². The number of nitrogens with one attached hydrogen (secondary N) is 2. The molecule has 0 spiro atoms. The molecule has 26 heavy (non-hydrogen) atoms. The minimum absolute atomic E-state index is 0.0915. The summed E-state index contributed by atoms with van der Waals surface area (Å²) in [4.78, 5) is 16.7. The highest BCUT2D eigenvalue weighted by molar-refractivity contribution is 7.13. The molecule has 1 aliphatic rings. The van der Waals surface area contributed by atoms with E-state index in [1.54, 1.807) is 6.07 Å². The Bertz CT molecular complexity index is 964. The normalized spacial score (nSPS) is 13.5. The van der Waals surface area contributed by atoms with Crippen molar-refractivity contribution in [1.82, 2.24) is 10.3 Å². The molecule has 0 unspecified atom stereocenters. The Hall–Kier alpha value is -2.51. The molecule has 0 bridgehead atoms. The number of fused-ring (bicyclic) bond motifs is 1. The Kier molecular flexibility index (Phi) is 4.57. The smallest absolute Gasteiger partial charge is 0.230 e. The first kappa shape index (κ1) is 16.9. The van der Waals surface area contributed by atoms with E-state index >= 15 is 0 Å². The second kappa shape index (κ2) is 7.01. The Morgan fingerprint density at radius 1 is 1.38 bits per heavy atom. The highest BCUT2D eigenvalue weighted by atomic mass is 32.1. The predicted molar refractivity (Wildman–Crippen MR) is 98.7 cm³/mol. The topological polar surface area (TPSA) is 67.2 Å². The van der Waals surface area contributed by atoms with Gasteiger partial charge in [-0.3, -0.25) is 4.79 Å². The summed E-state index contributed by atoms with van der Waals surface area (Å²) in [6.07, 6.45) is 0.719. The molecular formula is C19H18FN3O2S. The quantitative estimate of drug-likeness (QED) is 0.734. The summed E-state index contributed by atoms with van der Waals surface area (Å²) in [5.74, 6) is 0.883. The molecular weight excluding hydrogens is 353 g/mol. The molecule has 0 saturated carbocycles. The number of nitrogens with zero attached hydrogens (tertiary/aromatic N) is 1. The van der Waals surface area contributed by atoms with Crippen LogP contribution in [-0.2, 0) is 24.2 Å². The van der Waals surface area contributed by atoms with Crippen LogP contribution in [0.1, 0.15) is 22.6 Å². The van der Waals surface area contributed by atoms with Crippen LogP contribution in [0, 0.1) is 12.7 Å². The molecule has 1 aromatic carbocycles. The number of rotatable bonds is 4. The number of amides is 1. The molecule has 0 aliphatic carbocycles. The third kappa shape index (κ3) is 3.40. The Labute approximate surface area is 154 Å². The maximum absolute atomic E-state index is 14.6. The van der Waals surface area contributed by atoms with E-state index in [2.05, 4.69) is 15.6 Å². The molecule has 0 saturated heterocycles. The number of hydrogen-bond acceptors (Lipinski definition) is 5. The minimum atomic E-state index is -0.331. The molecule has 134 valence electrons. The van der Waals surface area contributed by atoms with E-state index in [4.69, 9.17) is 4.42 Å². The van der Waals surface area contributed by atoms with E-state index in [1.165, 1.54) is 11.3 Å². The molecule has 0 radical (unpaired) electrons. The summed E-state index contributed by atoms with van der Waals surface area (Å²) in [6, 6.07) is 7.21. The van der Waals surface area contributed by atoms with Gasteiger partial charge >= 0.3 is 0 Å². The van der Waals surface area contributed by atoms with Gasteiger partial charge in [0.05, 0.1) is 17.8 Å². The number of anilines is 1. The highest BCUT2D eigenvalue weighted by Crippen LogP contribution is 2.27. The van der Waals surface area contributed by atoms with E-state index in [0.29, 0.717) is 30.0 Å². The van der Waals surface area contributed by atoms with Crippen molar-refractivity contribution in [2.24, 2.45) is 0 Å². The van der Waals surface area contributed by atoms with Crippen molar-refractivity contribution in [1.29, 1.82) is 0 Å². The van der Waals surface area contributed by atoms with Crippen molar-refractivity contribution in [2.45, 2.75) is 26.3 Å². The number of hydrogen-bond donors (Lipinski definition) is 2. The standard InChI is InChI=1S/C19H18FN3O2S/c1-11-2-5-16(25-11)19-22-13(10-26-19)8-17(24)23-15-4-3-12-9-21-7-6-14(12)18(15)20/h2-5,10,21H,6-9H2,1H3,(H,23,24). The van der Waals surface area contributed by atoms with Crippen molar-refractivity contribution in [3.8, 4) is 10.8 Å². The van der Waals surface area contributed by atoms with Crippen molar-refractivity contribution in [3.63, 3.8) is 0 Å². The van der Waals surface area contributed by atoms with Crippen LogP contribution < -0.4 is 10.6 Å². The first-order valence-electron chi connectivity index (χ1n) is 8.42. The molecule has 0 atom stereocenters. The van der Waals surface area contributed by atoms with E-state index in [1.807, 2.05) is 30.5 Å². The summed E-state index contributed by atoms with van der Waals surface area (Å²) >= 11 is 1.42. The monoisotopic (exact) mass is 371 g/mol. The number of aromatic nitrogens is 1. The highest BCUT2D eigenvalue weighted by Gasteiger charge is 2.18. The summed E-state index contributed by atoms with van der Waals surface area (Å²) < 4.78 is 20.2. The van der Waals surface area contributed by atoms with Gasteiger partial charge in [0.15, 0.2) is 10.8 Å². The molecule has 4 rings (SSSR count). The molecule has 1 aliphatic heterocycles. The summed E-state index contributed by atoms with van der Waals surface area (Å²) in [5, 5.41) is 8.43. The van der Waals surface area contributed by atoms with Gasteiger partial charge in [-0.15, -0.1) is 11.3 Å². The third-order valence-electron chi connectivity index (χ3n) is 4.33. The zero-order chi connectivity index (χ0) is 18.1. The Morgan fingerprint density at radius 2 is 2.27 bits per heavy atom. The first-order valence-corrected chi connectivity index (χ1v) is 9.30. The van der Waals surface area contributed by atoms with Crippen molar-refractivity contribution < 1.29 is 13.6 Å². The summed E-state index contributed by atoms with van der Waals surface area (Å²) in [5.41, 5.74) is 2.50. The lowest BCUT2D eigenvalue weighted by molar-refractivity contribution is -0.115. The second-order valence-electron chi connectivity index (χ2n) is 6.27. The molecule has 3 heterocycles. The number of thiazole rings is 1. The Morgan fingerprint density at radius 3 is 3.08 bits per heavy atom. The number of benzene rings is 1. The van der Waals surface area contributed by atoms with Crippen LogP contribution in [0.15, 0.2) is 34.1 Å². The van der Waals surface area contributed by atoms with Crippen molar-refractivity contribution in [3.05, 3.63) is 58.0 Å². The number of furan rings is 1. The van der Waals surface area contributed by atoms with Crippen LogP contribution in [0.4, 0.5) is 10.1 Å². The summed E-state index contributed by atoms with van der Waals surface area (Å²) in [7, 11) is 0. The number of aryl methyl sites for hydroxylation is 1. The molecule has 5 nitrogen and oxygen atoms in total. The lowest BCUT2D eigenvalue weighted by Gasteiger charge is -2.19. The van der Waals surface area contributed by atoms with Crippen LogP contribution in [0.2, 0.25) is 0 Å². The lowest BCUT2D eigenvalue weighted by Crippen LogP contribution is -2.25. The molecule has 7 heteroatoms. The number of carbonyl (C=O) groups excluding carboxylic acids is 1. The van der Waals surface area contributed by atoms with Gasteiger partial charge < -0.3 is 15.1 Å². The summed E-state index contributed by atoms with van der Waals surface area (Å²) in [6.45, 7) is 3.28. The van der Waals surface area contributed by atoms with Gasteiger partial charge in [0.1, 0.15) is 11.6 Å². The van der Waals surface area contributed by atoms with E-state index in [-0.39, 0.29) is 23.8 Å².